The summed E-state index contributed by atoms with van der Waals surface area (Å²) < 4.78 is 5.44. The van der Waals surface area contributed by atoms with Crippen LogP contribution in [0.1, 0.15) is 26.7 Å². The molecule has 0 aromatic rings. The van der Waals surface area contributed by atoms with E-state index in [1.54, 1.807) is 0 Å². The van der Waals surface area contributed by atoms with E-state index in [2.05, 4.69) is 13.8 Å². The molecular weight excluding hydrogens is 162 g/mol. The van der Waals surface area contributed by atoms with Crippen molar-refractivity contribution in [3.05, 3.63) is 0 Å². The minimum atomic E-state index is 0. The van der Waals surface area contributed by atoms with Gasteiger partial charge < -0.3 is 10.5 Å². The van der Waals surface area contributed by atoms with Crippen LogP contribution >= 0.6 is 12.4 Å². The summed E-state index contributed by atoms with van der Waals surface area (Å²) in [6.07, 6.45) is 2.59. The third-order valence-electron chi connectivity index (χ3n) is 2.18. The lowest BCUT2D eigenvalue weighted by atomic mass is 9.82. The summed E-state index contributed by atoms with van der Waals surface area (Å²) in [4.78, 5) is 0. The van der Waals surface area contributed by atoms with E-state index in [-0.39, 0.29) is 12.4 Å². The maximum Gasteiger partial charge on any atom is 0.0702 e. The predicted octanol–water partition coefficient (Wildman–Crippen LogP) is 1.57. The van der Waals surface area contributed by atoms with Gasteiger partial charge in [-0.1, -0.05) is 13.8 Å². The second-order valence-corrected chi connectivity index (χ2v) is 3.85. The molecule has 0 spiro atoms. The molecule has 0 aromatic carbocycles. The molecule has 1 atom stereocenters. The fraction of sp³-hybridized carbons (Fsp3) is 1.00. The van der Waals surface area contributed by atoms with Crippen molar-refractivity contribution >= 4 is 12.4 Å². The minimum Gasteiger partial charge on any atom is -0.377 e. The normalized spacial score (nSPS) is 29.2. The number of hydrogen-bond acceptors (Lipinski definition) is 2. The fourth-order valence-electron chi connectivity index (χ4n) is 1.43. The summed E-state index contributed by atoms with van der Waals surface area (Å²) in [5.41, 5.74) is 5.95. The Morgan fingerprint density at radius 1 is 1.55 bits per heavy atom. The first-order valence-electron chi connectivity index (χ1n) is 3.96. The Kier molecular flexibility index (Phi) is 4.37. The van der Waals surface area contributed by atoms with Gasteiger partial charge in [0.2, 0.25) is 0 Å². The van der Waals surface area contributed by atoms with Crippen LogP contribution in [0.3, 0.4) is 0 Å². The highest BCUT2D eigenvalue weighted by atomic mass is 35.5. The molecule has 0 bridgehead atoms. The van der Waals surface area contributed by atoms with Gasteiger partial charge in [-0.15, -0.1) is 12.4 Å². The Balaban J connectivity index is 0.000001000. The summed E-state index contributed by atoms with van der Waals surface area (Å²) in [5, 5.41) is 0. The molecule has 1 fully saturated rings. The van der Waals surface area contributed by atoms with Gasteiger partial charge >= 0.3 is 0 Å². The van der Waals surface area contributed by atoms with Crippen molar-refractivity contribution in [2.75, 3.05) is 13.2 Å². The molecule has 1 unspecified atom stereocenters. The zero-order chi connectivity index (χ0) is 7.61. The number of rotatable bonds is 1. The van der Waals surface area contributed by atoms with Crippen molar-refractivity contribution < 1.29 is 4.74 Å². The molecule has 0 aromatic heterocycles. The van der Waals surface area contributed by atoms with Crippen molar-refractivity contribution in [3.63, 3.8) is 0 Å². The molecule has 68 valence electrons. The Bertz CT molecular complexity index is 117. The smallest absolute Gasteiger partial charge is 0.0702 e. The summed E-state index contributed by atoms with van der Waals surface area (Å²) in [6, 6.07) is 0. The molecule has 1 saturated heterocycles. The van der Waals surface area contributed by atoms with E-state index in [4.69, 9.17) is 10.5 Å². The van der Waals surface area contributed by atoms with Crippen molar-refractivity contribution in [3.8, 4) is 0 Å². The van der Waals surface area contributed by atoms with Gasteiger partial charge in [0.1, 0.15) is 0 Å². The Labute approximate surface area is 74.9 Å². The lowest BCUT2D eigenvalue weighted by Gasteiger charge is -2.34. The molecule has 1 aliphatic heterocycles. The maximum atomic E-state index is 5.50. The van der Waals surface area contributed by atoms with Gasteiger partial charge in [-0.05, 0) is 18.3 Å². The van der Waals surface area contributed by atoms with Crippen molar-refractivity contribution in [1.82, 2.24) is 0 Å². The minimum absolute atomic E-state index is 0. The molecular formula is C8H18ClNO. The van der Waals surface area contributed by atoms with E-state index in [1.165, 1.54) is 6.42 Å². The number of halogens is 1. The quantitative estimate of drug-likeness (QED) is 0.664. The molecule has 2 N–H and O–H groups in total. The van der Waals surface area contributed by atoms with Gasteiger partial charge in [-0.2, -0.15) is 0 Å². The van der Waals surface area contributed by atoms with Crippen LogP contribution in [-0.4, -0.2) is 19.3 Å². The molecule has 11 heavy (non-hydrogen) atoms. The highest BCUT2D eigenvalue weighted by Gasteiger charge is 2.27. The maximum absolute atomic E-state index is 5.50. The molecule has 0 aliphatic carbocycles. The standard InChI is InChI=1S/C8H17NO.ClH/c1-8(2)3-4-10-7(5-8)6-9;/h7H,3-6,9H2,1-2H3;1H. The van der Waals surface area contributed by atoms with E-state index in [9.17, 15) is 0 Å². The summed E-state index contributed by atoms with van der Waals surface area (Å²) in [7, 11) is 0. The lowest BCUT2D eigenvalue weighted by molar-refractivity contribution is -0.0302. The van der Waals surface area contributed by atoms with Gasteiger partial charge in [0.05, 0.1) is 6.10 Å². The number of ether oxygens (including phenoxy) is 1. The first-order valence-corrected chi connectivity index (χ1v) is 3.96. The van der Waals surface area contributed by atoms with Gasteiger partial charge in [-0.3, -0.25) is 0 Å². The number of hydrogen-bond donors (Lipinski definition) is 1. The van der Waals surface area contributed by atoms with Crippen LogP contribution in [0.25, 0.3) is 0 Å². The van der Waals surface area contributed by atoms with Gasteiger partial charge in [-0.25, -0.2) is 0 Å². The highest BCUT2D eigenvalue weighted by molar-refractivity contribution is 5.85. The zero-order valence-electron chi connectivity index (χ0n) is 7.30. The van der Waals surface area contributed by atoms with E-state index in [0.717, 1.165) is 13.0 Å². The van der Waals surface area contributed by atoms with Crippen LogP contribution in [0.5, 0.6) is 0 Å². The molecule has 3 heteroatoms. The molecule has 0 radical (unpaired) electrons. The van der Waals surface area contributed by atoms with Crippen molar-refractivity contribution in [1.29, 1.82) is 0 Å². The summed E-state index contributed by atoms with van der Waals surface area (Å²) in [5.74, 6) is 0. The Morgan fingerprint density at radius 3 is 2.55 bits per heavy atom. The van der Waals surface area contributed by atoms with E-state index in [1.807, 2.05) is 0 Å². The molecule has 1 rings (SSSR count). The SMILES string of the molecule is CC1(C)CCOC(CN)C1.Cl. The van der Waals surface area contributed by atoms with Gasteiger partial charge in [0, 0.05) is 13.2 Å². The molecule has 1 heterocycles. The molecule has 0 saturated carbocycles. The highest BCUT2D eigenvalue weighted by Crippen LogP contribution is 2.31. The van der Waals surface area contributed by atoms with Crippen LogP contribution in [-0.2, 0) is 4.74 Å². The lowest BCUT2D eigenvalue weighted by Crippen LogP contribution is -2.35. The predicted molar refractivity (Wildman–Crippen MR) is 49.1 cm³/mol. The fourth-order valence-corrected chi connectivity index (χ4v) is 1.43. The topological polar surface area (TPSA) is 35.2 Å². The Hall–Kier alpha value is 0.210. The van der Waals surface area contributed by atoms with Crippen LogP contribution in [0, 0.1) is 5.41 Å². The average Bonchev–Trinajstić information content (AvgIpc) is 1.86. The van der Waals surface area contributed by atoms with Gasteiger partial charge in [0.25, 0.3) is 0 Å². The van der Waals surface area contributed by atoms with Crippen LogP contribution in [0.15, 0.2) is 0 Å². The average molecular weight is 180 g/mol. The van der Waals surface area contributed by atoms with Crippen LogP contribution in [0.4, 0.5) is 0 Å². The zero-order valence-corrected chi connectivity index (χ0v) is 8.12. The second kappa shape index (κ2) is 4.29. The molecule has 2 nitrogen and oxygen atoms in total. The molecule has 0 amide bonds. The third-order valence-corrected chi connectivity index (χ3v) is 2.18. The third kappa shape index (κ3) is 3.41. The molecule has 1 aliphatic rings. The van der Waals surface area contributed by atoms with E-state index in [0.29, 0.717) is 18.1 Å². The van der Waals surface area contributed by atoms with Crippen molar-refractivity contribution in [2.24, 2.45) is 11.1 Å². The summed E-state index contributed by atoms with van der Waals surface area (Å²) >= 11 is 0. The largest absolute Gasteiger partial charge is 0.377 e. The first kappa shape index (κ1) is 11.2. The van der Waals surface area contributed by atoms with E-state index >= 15 is 0 Å². The summed E-state index contributed by atoms with van der Waals surface area (Å²) in [6.45, 7) is 6.11. The van der Waals surface area contributed by atoms with E-state index < -0.39 is 0 Å². The second-order valence-electron chi connectivity index (χ2n) is 3.85. The number of nitrogens with two attached hydrogens (primary N) is 1. The Morgan fingerprint density at radius 2 is 2.18 bits per heavy atom. The van der Waals surface area contributed by atoms with Crippen LogP contribution in [0.2, 0.25) is 0 Å². The monoisotopic (exact) mass is 179 g/mol. The first-order chi connectivity index (χ1) is 4.64. The van der Waals surface area contributed by atoms with Crippen LogP contribution < -0.4 is 5.73 Å². The van der Waals surface area contributed by atoms with Gasteiger partial charge in [0.15, 0.2) is 0 Å². The van der Waals surface area contributed by atoms with Crippen molar-refractivity contribution in [2.45, 2.75) is 32.8 Å².